The van der Waals surface area contributed by atoms with Gasteiger partial charge in [-0.15, -0.1) is 0 Å². The van der Waals surface area contributed by atoms with Gasteiger partial charge in [-0.1, -0.05) is 48.5 Å². The van der Waals surface area contributed by atoms with Crippen LogP contribution in [0.25, 0.3) is 10.9 Å². The first kappa shape index (κ1) is 15.8. The maximum absolute atomic E-state index is 12.9. The molecule has 4 aromatic rings. The minimum absolute atomic E-state index is 0.179. The summed E-state index contributed by atoms with van der Waals surface area (Å²) in [7, 11) is 0. The van der Waals surface area contributed by atoms with Crippen molar-refractivity contribution in [2.24, 2.45) is 0 Å². The minimum atomic E-state index is -0.179. The molecule has 1 amide bonds. The highest BCUT2D eigenvalue weighted by atomic mass is 16.1. The number of pyridine rings is 1. The Morgan fingerprint density at radius 1 is 0.731 bits per heavy atom. The van der Waals surface area contributed by atoms with E-state index in [9.17, 15) is 4.79 Å². The molecule has 26 heavy (non-hydrogen) atoms. The SMILES string of the molecule is O=C(Nc1cccc2cccnc12)c1ccccc1Nc1ccccc1. The Balaban J connectivity index is 1.64. The Labute approximate surface area is 151 Å². The summed E-state index contributed by atoms with van der Waals surface area (Å²) < 4.78 is 0. The van der Waals surface area contributed by atoms with Crippen molar-refractivity contribution in [1.82, 2.24) is 4.98 Å². The molecule has 0 saturated carbocycles. The van der Waals surface area contributed by atoms with Gasteiger partial charge in [0.1, 0.15) is 0 Å². The lowest BCUT2D eigenvalue weighted by molar-refractivity contribution is 0.102. The van der Waals surface area contributed by atoms with E-state index in [-0.39, 0.29) is 5.91 Å². The molecule has 1 heterocycles. The van der Waals surface area contributed by atoms with Crippen LogP contribution in [0.2, 0.25) is 0 Å². The van der Waals surface area contributed by atoms with Crippen molar-refractivity contribution >= 4 is 33.9 Å². The number of para-hydroxylation sites is 3. The lowest BCUT2D eigenvalue weighted by Crippen LogP contribution is -2.14. The van der Waals surface area contributed by atoms with Gasteiger partial charge in [0.15, 0.2) is 0 Å². The lowest BCUT2D eigenvalue weighted by atomic mass is 10.1. The van der Waals surface area contributed by atoms with Crippen LogP contribution in [0.4, 0.5) is 17.1 Å². The van der Waals surface area contributed by atoms with Gasteiger partial charge in [0.2, 0.25) is 0 Å². The van der Waals surface area contributed by atoms with Crippen molar-refractivity contribution in [3.63, 3.8) is 0 Å². The summed E-state index contributed by atoms with van der Waals surface area (Å²) >= 11 is 0. The topological polar surface area (TPSA) is 54.0 Å². The molecule has 0 aliphatic carbocycles. The van der Waals surface area contributed by atoms with Crippen molar-refractivity contribution in [1.29, 1.82) is 0 Å². The summed E-state index contributed by atoms with van der Waals surface area (Å²) in [5, 5.41) is 7.27. The Morgan fingerprint density at radius 3 is 2.35 bits per heavy atom. The molecule has 0 atom stereocenters. The number of benzene rings is 3. The molecule has 3 aromatic carbocycles. The fourth-order valence-electron chi connectivity index (χ4n) is 2.86. The molecule has 4 rings (SSSR count). The number of carbonyl (C=O) groups excluding carboxylic acids is 1. The number of nitrogens with zero attached hydrogens (tertiary/aromatic N) is 1. The summed E-state index contributed by atoms with van der Waals surface area (Å²) in [4.78, 5) is 17.3. The van der Waals surface area contributed by atoms with E-state index in [1.165, 1.54) is 0 Å². The normalized spacial score (nSPS) is 10.5. The molecule has 0 aliphatic rings. The van der Waals surface area contributed by atoms with Crippen LogP contribution < -0.4 is 10.6 Å². The van der Waals surface area contributed by atoms with Crippen LogP contribution in [0, 0.1) is 0 Å². The lowest BCUT2D eigenvalue weighted by Gasteiger charge is -2.13. The number of nitrogens with one attached hydrogen (secondary N) is 2. The predicted molar refractivity (Wildman–Crippen MR) is 106 cm³/mol. The molecule has 0 radical (unpaired) electrons. The Morgan fingerprint density at radius 2 is 1.46 bits per heavy atom. The van der Waals surface area contributed by atoms with Gasteiger partial charge in [0.25, 0.3) is 5.91 Å². The Kier molecular flexibility index (Phi) is 4.31. The Hall–Kier alpha value is -3.66. The first-order valence-electron chi connectivity index (χ1n) is 8.37. The molecule has 4 heteroatoms. The van der Waals surface area contributed by atoms with E-state index in [4.69, 9.17) is 0 Å². The smallest absolute Gasteiger partial charge is 0.257 e. The van der Waals surface area contributed by atoms with Crippen LogP contribution in [0.5, 0.6) is 0 Å². The van der Waals surface area contributed by atoms with Gasteiger partial charge in [0, 0.05) is 17.3 Å². The number of anilines is 3. The van der Waals surface area contributed by atoms with Gasteiger partial charge in [0.05, 0.1) is 22.5 Å². The highest BCUT2D eigenvalue weighted by Gasteiger charge is 2.13. The van der Waals surface area contributed by atoms with Gasteiger partial charge < -0.3 is 10.6 Å². The summed E-state index contributed by atoms with van der Waals surface area (Å²) in [5.74, 6) is -0.179. The van der Waals surface area contributed by atoms with Crippen molar-refractivity contribution in [3.05, 3.63) is 96.7 Å². The highest BCUT2D eigenvalue weighted by molar-refractivity contribution is 6.11. The van der Waals surface area contributed by atoms with Crippen LogP contribution in [-0.4, -0.2) is 10.9 Å². The standard InChI is InChI=1S/C22H17N3O/c26-22(25-20-14-6-8-16-9-7-15-23-21(16)20)18-12-4-5-13-19(18)24-17-10-2-1-3-11-17/h1-15,24H,(H,25,26). The van der Waals surface area contributed by atoms with E-state index >= 15 is 0 Å². The molecule has 2 N–H and O–H groups in total. The summed E-state index contributed by atoms with van der Waals surface area (Å²) in [6.07, 6.45) is 1.73. The number of aromatic nitrogens is 1. The molecular formula is C22H17N3O. The number of fused-ring (bicyclic) bond motifs is 1. The molecule has 0 saturated heterocycles. The zero-order chi connectivity index (χ0) is 17.8. The van der Waals surface area contributed by atoms with Gasteiger partial charge in [-0.05, 0) is 36.4 Å². The number of amides is 1. The van der Waals surface area contributed by atoms with Crippen molar-refractivity contribution in [2.45, 2.75) is 0 Å². The van der Waals surface area contributed by atoms with Crippen LogP contribution in [-0.2, 0) is 0 Å². The zero-order valence-electron chi connectivity index (χ0n) is 14.0. The molecule has 0 fully saturated rings. The van der Waals surface area contributed by atoms with Crippen LogP contribution in [0.1, 0.15) is 10.4 Å². The number of carbonyl (C=O) groups is 1. The molecule has 0 unspecified atom stereocenters. The van der Waals surface area contributed by atoms with E-state index in [1.807, 2.05) is 78.9 Å². The van der Waals surface area contributed by atoms with Gasteiger partial charge >= 0.3 is 0 Å². The number of rotatable bonds is 4. The average Bonchev–Trinajstić information content (AvgIpc) is 2.69. The van der Waals surface area contributed by atoms with Gasteiger partial charge in [-0.2, -0.15) is 0 Å². The molecule has 1 aromatic heterocycles. The maximum atomic E-state index is 12.9. The quantitative estimate of drug-likeness (QED) is 0.535. The molecule has 0 bridgehead atoms. The third-order valence-corrected chi connectivity index (χ3v) is 4.11. The number of hydrogen-bond donors (Lipinski definition) is 2. The molecule has 4 nitrogen and oxygen atoms in total. The van der Waals surface area contributed by atoms with E-state index in [0.29, 0.717) is 11.3 Å². The predicted octanol–water partition coefficient (Wildman–Crippen LogP) is 5.23. The zero-order valence-corrected chi connectivity index (χ0v) is 14.0. The molecule has 0 spiro atoms. The van der Waals surface area contributed by atoms with Crippen LogP contribution in [0.3, 0.4) is 0 Å². The first-order chi connectivity index (χ1) is 12.8. The third-order valence-electron chi connectivity index (χ3n) is 4.11. The summed E-state index contributed by atoms with van der Waals surface area (Å²) in [6, 6.07) is 26.8. The second kappa shape index (κ2) is 7.07. The largest absolute Gasteiger partial charge is 0.355 e. The van der Waals surface area contributed by atoms with E-state index in [1.54, 1.807) is 12.3 Å². The van der Waals surface area contributed by atoms with Crippen molar-refractivity contribution < 1.29 is 4.79 Å². The third kappa shape index (κ3) is 3.26. The Bertz CT molecular complexity index is 1060. The highest BCUT2D eigenvalue weighted by Crippen LogP contribution is 2.24. The maximum Gasteiger partial charge on any atom is 0.257 e. The van der Waals surface area contributed by atoms with Crippen LogP contribution >= 0.6 is 0 Å². The second-order valence-electron chi connectivity index (χ2n) is 5.87. The number of hydrogen-bond acceptors (Lipinski definition) is 3. The molecular weight excluding hydrogens is 322 g/mol. The molecule has 126 valence electrons. The summed E-state index contributed by atoms with van der Waals surface area (Å²) in [6.45, 7) is 0. The fraction of sp³-hybridized carbons (Fsp3) is 0. The average molecular weight is 339 g/mol. The molecule has 0 aliphatic heterocycles. The monoisotopic (exact) mass is 339 g/mol. The minimum Gasteiger partial charge on any atom is -0.355 e. The van der Waals surface area contributed by atoms with Gasteiger partial charge in [-0.3, -0.25) is 9.78 Å². The van der Waals surface area contributed by atoms with Crippen LogP contribution in [0.15, 0.2) is 91.1 Å². The van der Waals surface area contributed by atoms with Crippen molar-refractivity contribution in [2.75, 3.05) is 10.6 Å². The van der Waals surface area contributed by atoms with E-state index < -0.39 is 0 Å². The van der Waals surface area contributed by atoms with E-state index in [0.717, 1.165) is 22.3 Å². The van der Waals surface area contributed by atoms with Gasteiger partial charge in [-0.25, -0.2) is 0 Å². The summed E-state index contributed by atoms with van der Waals surface area (Å²) in [5.41, 5.74) is 3.73. The first-order valence-corrected chi connectivity index (χ1v) is 8.37. The fourth-order valence-corrected chi connectivity index (χ4v) is 2.86. The van der Waals surface area contributed by atoms with E-state index in [2.05, 4.69) is 15.6 Å². The van der Waals surface area contributed by atoms with Crippen molar-refractivity contribution in [3.8, 4) is 0 Å². The second-order valence-corrected chi connectivity index (χ2v) is 5.87.